The van der Waals surface area contributed by atoms with Crippen molar-refractivity contribution in [1.29, 1.82) is 0 Å². The summed E-state index contributed by atoms with van der Waals surface area (Å²) in [7, 11) is 0. The van der Waals surface area contributed by atoms with Crippen molar-refractivity contribution in [2.24, 2.45) is 0 Å². The van der Waals surface area contributed by atoms with Gasteiger partial charge < -0.3 is 5.32 Å². The molecule has 1 heterocycles. The molecule has 0 radical (unpaired) electrons. The highest BCUT2D eigenvalue weighted by molar-refractivity contribution is 6.46. The van der Waals surface area contributed by atoms with E-state index in [4.69, 9.17) is 11.6 Å². The maximum atomic E-state index is 13.6. The Morgan fingerprint density at radius 1 is 0.844 bits per heavy atom. The van der Waals surface area contributed by atoms with Crippen molar-refractivity contribution in [2.45, 2.75) is 34.1 Å². The van der Waals surface area contributed by atoms with E-state index in [0.717, 1.165) is 39.9 Å². The molecule has 0 fully saturated rings. The van der Waals surface area contributed by atoms with Crippen LogP contribution in [-0.4, -0.2) is 11.8 Å². The number of hydrogen-bond donors (Lipinski definition) is 1. The van der Waals surface area contributed by atoms with E-state index in [0.29, 0.717) is 16.3 Å². The van der Waals surface area contributed by atoms with Crippen LogP contribution >= 0.6 is 11.6 Å². The smallest absolute Gasteiger partial charge is 0.282 e. The van der Waals surface area contributed by atoms with Crippen molar-refractivity contribution < 1.29 is 9.59 Å². The van der Waals surface area contributed by atoms with Gasteiger partial charge in [-0.1, -0.05) is 54.4 Å². The second kappa shape index (κ2) is 8.64. The first kappa shape index (κ1) is 21.8. The predicted octanol–water partition coefficient (Wildman–Crippen LogP) is 6.22. The lowest BCUT2D eigenvalue weighted by Gasteiger charge is -2.16. The number of benzene rings is 3. The van der Waals surface area contributed by atoms with E-state index in [9.17, 15) is 9.59 Å². The molecule has 1 N–H and O–H groups in total. The third-order valence-electron chi connectivity index (χ3n) is 5.79. The second-order valence-corrected chi connectivity index (χ2v) is 8.55. The molecule has 0 spiro atoms. The molecule has 0 unspecified atom stereocenters. The Morgan fingerprint density at radius 3 is 2.19 bits per heavy atom. The van der Waals surface area contributed by atoms with E-state index in [-0.39, 0.29) is 17.5 Å². The highest BCUT2D eigenvalue weighted by Gasteiger charge is 2.40. The minimum absolute atomic E-state index is 0.270. The molecule has 3 aromatic rings. The number of amides is 2. The van der Waals surface area contributed by atoms with E-state index >= 15 is 0 Å². The molecular weight excluding hydrogens is 420 g/mol. The van der Waals surface area contributed by atoms with Crippen LogP contribution in [0.3, 0.4) is 0 Å². The van der Waals surface area contributed by atoms with Gasteiger partial charge in [-0.05, 0) is 79.8 Å². The zero-order valence-electron chi connectivity index (χ0n) is 18.6. The molecule has 0 aliphatic carbocycles. The van der Waals surface area contributed by atoms with Crippen molar-refractivity contribution in [1.82, 2.24) is 0 Å². The molecule has 4 nitrogen and oxygen atoms in total. The van der Waals surface area contributed by atoms with E-state index < -0.39 is 0 Å². The first-order valence-electron chi connectivity index (χ1n) is 10.6. The number of rotatable bonds is 5. The summed E-state index contributed by atoms with van der Waals surface area (Å²) in [4.78, 5) is 28.5. The van der Waals surface area contributed by atoms with Gasteiger partial charge in [-0.3, -0.25) is 9.59 Å². The maximum absolute atomic E-state index is 13.6. The molecule has 0 saturated heterocycles. The summed E-state index contributed by atoms with van der Waals surface area (Å²) in [6.07, 6.45) is 0.886. The van der Waals surface area contributed by atoms with Gasteiger partial charge in [0.1, 0.15) is 5.70 Å². The Hall–Kier alpha value is -3.37. The maximum Gasteiger partial charge on any atom is 0.282 e. The Labute approximate surface area is 193 Å². The summed E-state index contributed by atoms with van der Waals surface area (Å²) < 4.78 is 0. The zero-order valence-corrected chi connectivity index (χ0v) is 19.4. The van der Waals surface area contributed by atoms with Crippen LogP contribution in [0, 0.1) is 20.8 Å². The molecule has 162 valence electrons. The van der Waals surface area contributed by atoms with Gasteiger partial charge in [0.05, 0.1) is 11.3 Å². The van der Waals surface area contributed by atoms with Gasteiger partial charge in [0, 0.05) is 10.7 Å². The average molecular weight is 445 g/mol. The SMILES string of the molecule is CCc1ccc(N2C(=O)C(Nc3ccc(Cl)cc3C)=C(c3ccc(C)cc3C)C2=O)cc1. The molecule has 3 aromatic carbocycles. The van der Waals surface area contributed by atoms with Crippen LogP contribution in [0.4, 0.5) is 11.4 Å². The Kier molecular flexibility index (Phi) is 5.90. The normalized spacial score (nSPS) is 13.8. The number of anilines is 2. The topological polar surface area (TPSA) is 49.4 Å². The Bertz CT molecular complexity index is 1260. The van der Waals surface area contributed by atoms with E-state index in [1.165, 1.54) is 4.90 Å². The van der Waals surface area contributed by atoms with Gasteiger partial charge in [0.15, 0.2) is 0 Å². The lowest BCUT2D eigenvalue weighted by molar-refractivity contribution is -0.120. The van der Waals surface area contributed by atoms with Crippen molar-refractivity contribution in [2.75, 3.05) is 10.2 Å². The molecule has 1 aliphatic rings. The van der Waals surface area contributed by atoms with Crippen molar-refractivity contribution in [3.05, 3.63) is 99.2 Å². The number of halogens is 1. The standard InChI is InChI=1S/C27H25ClN2O2/c1-5-19-7-10-21(11-8-19)30-26(31)24(22-12-6-16(2)14-17(22)3)25(27(30)32)29-23-13-9-20(28)15-18(23)4/h6-15,29H,5H2,1-4H3. The summed E-state index contributed by atoms with van der Waals surface area (Å²) in [6.45, 7) is 7.94. The zero-order chi connectivity index (χ0) is 23.0. The first-order valence-corrected chi connectivity index (χ1v) is 11.0. The molecule has 0 saturated carbocycles. The van der Waals surface area contributed by atoms with Crippen LogP contribution in [0.5, 0.6) is 0 Å². The molecule has 4 rings (SSSR count). The van der Waals surface area contributed by atoms with Crippen molar-refractivity contribution >= 4 is 40.4 Å². The highest BCUT2D eigenvalue weighted by atomic mass is 35.5. The lowest BCUT2D eigenvalue weighted by Crippen LogP contribution is -2.32. The molecule has 32 heavy (non-hydrogen) atoms. The molecule has 5 heteroatoms. The fraction of sp³-hybridized carbons (Fsp3) is 0.185. The largest absolute Gasteiger partial charge is 0.350 e. The monoisotopic (exact) mass is 444 g/mol. The van der Waals surface area contributed by atoms with Crippen LogP contribution in [-0.2, 0) is 16.0 Å². The number of carbonyl (C=O) groups is 2. The summed E-state index contributed by atoms with van der Waals surface area (Å²) in [5.74, 6) is -0.705. The third kappa shape index (κ3) is 3.94. The van der Waals surface area contributed by atoms with Gasteiger partial charge in [-0.2, -0.15) is 0 Å². The predicted molar refractivity (Wildman–Crippen MR) is 131 cm³/mol. The quantitative estimate of drug-likeness (QED) is 0.475. The van der Waals surface area contributed by atoms with Gasteiger partial charge in [0.25, 0.3) is 11.8 Å². The van der Waals surface area contributed by atoms with Gasteiger partial charge >= 0.3 is 0 Å². The summed E-state index contributed by atoms with van der Waals surface area (Å²) in [6, 6.07) is 18.8. The third-order valence-corrected chi connectivity index (χ3v) is 6.02. The average Bonchev–Trinajstić information content (AvgIpc) is 3.00. The van der Waals surface area contributed by atoms with E-state index in [1.54, 1.807) is 6.07 Å². The van der Waals surface area contributed by atoms with E-state index in [2.05, 4.69) is 12.2 Å². The number of nitrogens with one attached hydrogen (secondary N) is 1. The van der Waals surface area contributed by atoms with Gasteiger partial charge in [0.2, 0.25) is 0 Å². The molecule has 0 aromatic heterocycles. The van der Waals surface area contributed by atoms with Crippen LogP contribution in [0.2, 0.25) is 5.02 Å². The van der Waals surface area contributed by atoms with Crippen LogP contribution < -0.4 is 10.2 Å². The summed E-state index contributed by atoms with van der Waals surface area (Å²) in [5.41, 5.74) is 6.75. The van der Waals surface area contributed by atoms with Gasteiger partial charge in [-0.25, -0.2) is 4.90 Å². The highest BCUT2D eigenvalue weighted by Crippen LogP contribution is 2.36. The number of imide groups is 1. The fourth-order valence-corrected chi connectivity index (χ4v) is 4.23. The van der Waals surface area contributed by atoms with Crippen LogP contribution in [0.1, 0.15) is 34.7 Å². The minimum Gasteiger partial charge on any atom is -0.350 e. The molecule has 0 atom stereocenters. The number of nitrogens with zero attached hydrogens (tertiary/aromatic N) is 1. The van der Waals surface area contributed by atoms with Crippen LogP contribution in [0.25, 0.3) is 5.57 Å². The van der Waals surface area contributed by atoms with Gasteiger partial charge in [-0.15, -0.1) is 0 Å². The second-order valence-electron chi connectivity index (χ2n) is 8.12. The Morgan fingerprint density at radius 2 is 1.56 bits per heavy atom. The fourth-order valence-electron chi connectivity index (χ4n) is 4.01. The van der Waals surface area contributed by atoms with Crippen LogP contribution in [0.15, 0.2) is 66.4 Å². The first-order chi connectivity index (χ1) is 15.3. The number of hydrogen-bond acceptors (Lipinski definition) is 3. The van der Waals surface area contributed by atoms with Crippen molar-refractivity contribution in [3.8, 4) is 0 Å². The van der Waals surface area contributed by atoms with E-state index in [1.807, 2.05) is 75.4 Å². The summed E-state index contributed by atoms with van der Waals surface area (Å²) >= 11 is 6.10. The molecular formula is C27H25ClN2O2. The minimum atomic E-state index is -0.372. The Balaban J connectivity index is 1.85. The number of aryl methyl sites for hydroxylation is 4. The molecule has 1 aliphatic heterocycles. The summed E-state index contributed by atoms with van der Waals surface area (Å²) in [5, 5.41) is 3.85. The number of carbonyl (C=O) groups excluding carboxylic acids is 2. The molecule has 0 bridgehead atoms. The lowest BCUT2D eigenvalue weighted by atomic mass is 9.97. The molecule has 2 amide bonds. The van der Waals surface area contributed by atoms with Crippen molar-refractivity contribution in [3.63, 3.8) is 0 Å².